The Morgan fingerprint density at radius 3 is 2.75 bits per heavy atom. The van der Waals surface area contributed by atoms with Crippen molar-refractivity contribution in [1.29, 1.82) is 0 Å². The van der Waals surface area contributed by atoms with Gasteiger partial charge in [-0.05, 0) is 30.5 Å². The number of likely N-dealkylation sites (tertiary alicyclic amines) is 1. The third-order valence-electron chi connectivity index (χ3n) is 5.60. The van der Waals surface area contributed by atoms with Crippen molar-refractivity contribution in [3.63, 3.8) is 0 Å². The summed E-state index contributed by atoms with van der Waals surface area (Å²) >= 11 is 0. The molecule has 1 aliphatic heterocycles. The molecule has 2 atom stereocenters. The SMILES string of the molecule is CC(C)CNC(=O)[C@@H]1C[C@H](COc2cccc(C(F)(F)F)c2)CN(Cc2nccn2C)C1. The van der Waals surface area contributed by atoms with Crippen LogP contribution in [0.25, 0.3) is 0 Å². The van der Waals surface area contributed by atoms with Crippen LogP contribution in [0.2, 0.25) is 0 Å². The van der Waals surface area contributed by atoms with E-state index in [1.54, 1.807) is 6.20 Å². The summed E-state index contributed by atoms with van der Waals surface area (Å²) in [4.78, 5) is 19.3. The van der Waals surface area contributed by atoms with Gasteiger partial charge >= 0.3 is 6.18 Å². The number of ether oxygens (including phenoxy) is 1. The topological polar surface area (TPSA) is 59.4 Å². The van der Waals surface area contributed by atoms with Crippen LogP contribution < -0.4 is 10.1 Å². The molecule has 1 saturated heterocycles. The van der Waals surface area contributed by atoms with E-state index in [2.05, 4.69) is 15.2 Å². The number of hydrogen-bond acceptors (Lipinski definition) is 4. The monoisotopic (exact) mass is 452 g/mol. The molecule has 9 heteroatoms. The summed E-state index contributed by atoms with van der Waals surface area (Å²) < 4.78 is 46.6. The van der Waals surface area contributed by atoms with Gasteiger partial charge in [-0.3, -0.25) is 9.69 Å². The molecule has 2 heterocycles. The second kappa shape index (κ2) is 10.4. The van der Waals surface area contributed by atoms with E-state index < -0.39 is 11.7 Å². The average Bonchev–Trinajstić information content (AvgIpc) is 3.14. The van der Waals surface area contributed by atoms with E-state index in [4.69, 9.17) is 4.74 Å². The lowest BCUT2D eigenvalue weighted by Gasteiger charge is -2.37. The van der Waals surface area contributed by atoms with Gasteiger partial charge in [0, 0.05) is 45.0 Å². The van der Waals surface area contributed by atoms with Gasteiger partial charge < -0.3 is 14.6 Å². The summed E-state index contributed by atoms with van der Waals surface area (Å²) in [6.45, 7) is 6.82. The molecule has 1 amide bonds. The fraction of sp³-hybridized carbons (Fsp3) is 0.565. The number of imidazole rings is 1. The summed E-state index contributed by atoms with van der Waals surface area (Å²) in [5, 5.41) is 3.01. The maximum Gasteiger partial charge on any atom is 0.416 e. The van der Waals surface area contributed by atoms with E-state index in [9.17, 15) is 18.0 Å². The molecule has 6 nitrogen and oxygen atoms in total. The Balaban J connectivity index is 1.67. The molecule has 176 valence electrons. The first kappa shape index (κ1) is 24.1. The largest absolute Gasteiger partial charge is 0.493 e. The van der Waals surface area contributed by atoms with Gasteiger partial charge in [-0.1, -0.05) is 19.9 Å². The predicted molar refractivity (Wildman–Crippen MR) is 115 cm³/mol. The molecule has 1 aromatic carbocycles. The zero-order valence-corrected chi connectivity index (χ0v) is 18.7. The predicted octanol–water partition coefficient (Wildman–Crippen LogP) is 3.73. The smallest absolute Gasteiger partial charge is 0.416 e. The molecular formula is C23H31F3N4O2. The number of halogens is 3. The highest BCUT2D eigenvalue weighted by molar-refractivity contribution is 5.79. The molecule has 0 unspecified atom stereocenters. The number of aryl methyl sites for hydroxylation is 1. The van der Waals surface area contributed by atoms with Gasteiger partial charge in [0.15, 0.2) is 0 Å². The van der Waals surface area contributed by atoms with E-state index in [1.165, 1.54) is 12.1 Å². The Morgan fingerprint density at radius 1 is 1.31 bits per heavy atom. The third-order valence-corrected chi connectivity index (χ3v) is 5.60. The van der Waals surface area contributed by atoms with Gasteiger partial charge in [-0.15, -0.1) is 0 Å². The summed E-state index contributed by atoms with van der Waals surface area (Å²) in [5.41, 5.74) is -0.735. The van der Waals surface area contributed by atoms with Crippen molar-refractivity contribution in [2.75, 3.05) is 26.2 Å². The van der Waals surface area contributed by atoms with Crippen molar-refractivity contribution in [2.45, 2.75) is 33.0 Å². The van der Waals surface area contributed by atoms with Gasteiger partial charge in [0.1, 0.15) is 11.6 Å². The number of alkyl halides is 3. The summed E-state index contributed by atoms with van der Waals surface area (Å²) in [7, 11) is 1.92. The van der Waals surface area contributed by atoms with Crippen LogP contribution in [-0.2, 0) is 24.6 Å². The molecule has 0 aliphatic carbocycles. The molecule has 1 aromatic heterocycles. The first-order valence-electron chi connectivity index (χ1n) is 10.9. The molecule has 1 aliphatic rings. The van der Waals surface area contributed by atoms with Crippen molar-refractivity contribution in [3.8, 4) is 5.75 Å². The van der Waals surface area contributed by atoms with Crippen LogP contribution in [0.1, 0.15) is 31.7 Å². The molecule has 1 fully saturated rings. The van der Waals surface area contributed by atoms with E-state index in [1.807, 2.05) is 31.7 Å². The van der Waals surface area contributed by atoms with Crippen LogP contribution in [0, 0.1) is 17.8 Å². The minimum Gasteiger partial charge on any atom is -0.493 e. The molecule has 3 rings (SSSR count). The van der Waals surface area contributed by atoms with Gasteiger partial charge in [0.05, 0.1) is 24.6 Å². The number of piperidine rings is 1. The van der Waals surface area contributed by atoms with E-state index in [0.717, 1.165) is 18.0 Å². The molecule has 32 heavy (non-hydrogen) atoms. The number of aromatic nitrogens is 2. The van der Waals surface area contributed by atoms with Crippen LogP contribution >= 0.6 is 0 Å². The fourth-order valence-corrected chi connectivity index (χ4v) is 3.92. The molecule has 1 N–H and O–H groups in total. The number of nitrogens with zero attached hydrogens (tertiary/aromatic N) is 3. The normalized spacial score (nSPS) is 19.8. The Morgan fingerprint density at radius 2 is 2.09 bits per heavy atom. The summed E-state index contributed by atoms with van der Waals surface area (Å²) in [6, 6.07) is 4.91. The minimum absolute atomic E-state index is 0.00677. The lowest BCUT2D eigenvalue weighted by molar-refractivity contribution is -0.137. The molecule has 0 spiro atoms. The summed E-state index contributed by atoms with van der Waals surface area (Å²) in [5.74, 6) is 1.23. The average molecular weight is 453 g/mol. The highest BCUT2D eigenvalue weighted by atomic mass is 19.4. The number of benzene rings is 1. The molecule has 0 radical (unpaired) electrons. The molecule has 0 saturated carbocycles. The van der Waals surface area contributed by atoms with Crippen molar-refractivity contribution in [3.05, 3.63) is 48.0 Å². The van der Waals surface area contributed by atoms with Crippen LogP contribution in [0.4, 0.5) is 13.2 Å². The van der Waals surface area contributed by atoms with Gasteiger partial charge in [-0.2, -0.15) is 13.2 Å². The van der Waals surface area contributed by atoms with E-state index in [0.29, 0.717) is 38.5 Å². The van der Waals surface area contributed by atoms with Gasteiger partial charge in [0.2, 0.25) is 5.91 Å². The van der Waals surface area contributed by atoms with Crippen LogP contribution in [0.5, 0.6) is 5.75 Å². The Kier molecular flexibility index (Phi) is 7.82. The number of nitrogens with one attached hydrogen (secondary N) is 1. The summed E-state index contributed by atoms with van der Waals surface area (Å²) in [6.07, 6.45) is -0.177. The Bertz CT molecular complexity index is 897. The van der Waals surface area contributed by atoms with Crippen molar-refractivity contribution < 1.29 is 22.7 Å². The third kappa shape index (κ3) is 6.72. The molecule has 2 aromatic rings. The van der Waals surface area contributed by atoms with Crippen LogP contribution in [0.15, 0.2) is 36.7 Å². The highest BCUT2D eigenvalue weighted by Gasteiger charge is 2.33. The zero-order valence-electron chi connectivity index (χ0n) is 18.7. The molecular weight excluding hydrogens is 421 g/mol. The molecule has 0 bridgehead atoms. The second-order valence-electron chi connectivity index (χ2n) is 8.92. The van der Waals surface area contributed by atoms with Gasteiger partial charge in [0.25, 0.3) is 0 Å². The van der Waals surface area contributed by atoms with E-state index >= 15 is 0 Å². The van der Waals surface area contributed by atoms with Crippen molar-refractivity contribution in [2.24, 2.45) is 24.8 Å². The standard InChI is InChI=1S/C23H31F3N4O2/c1-16(2)11-28-22(31)18-9-17(12-30(13-18)14-21-27-7-8-29(21)3)15-32-20-6-4-5-19(10-20)23(24,25)26/h4-8,10,16-18H,9,11-15H2,1-3H3,(H,28,31)/t17-,18+/m0/s1. The van der Waals surface area contributed by atoms with Crippen molar-refractivity contribution in [1.82, 2.24) is 19.8 Å². The van der Waals surface area contributed by atoms with Crippen LogP contribution in [0.3, 0.4) is 0 Å². The zero-order chi connectivity index (χ0) is 23.3. The first-order valence-corrected chi connectivity index (χ1v) is 10.9. The number of hydrogen-bond donors (Lipinski definition) is 1. The Labute approximate surface area is 186 Å². The Hall–Kier alpha value is -2.55. The number of rotatable bonds is 8. The van der Waals surface area contributed by atoms with E-state index in [-0.39, 0.29) is 30.1 Å². The van der Waals surface area contributed by atoms with Crippen molar-refractivity contribution >= 4 is 5.91 Å². The fourth-order valence-electron chi connectivity index (χ4n) is 3.92. The first-order chi connectivity index (χ1) is 15.1. The minimum atomic E-state index is -4.41. The maximum absolute atomic E-state index is 13.0. The second-order valence-corrected chi connectivity index (χ2v) is 8.92. The lowest BCUT2D eigenvalue weighted by atomic mass is 9.88. The number of carbonyl (C=O) groups excluding carboxylic acids is 1. The highest BCUT2D eigenvalue weighted by Crippen LogP contribution is 2.32. The number of carbonyl (C=O) groups is 1. The maximum atomic E-state index is 13.0. The van der Waals surface area contributed by atoms with Gasteiger partial charge in [-0.25, -0.2) is 4.98 Å². The number of amides is 1. The van der Waals surface area contributed by atoms with Crippen LogP contribution in [-0.4, -0.2) is 46.6 Å². The quantitative estimate of drug-likeness (QED) is 0.663. The lowest BCUT2D eigenvalue weighted by Crippen LogP contribution is -2.48.